The van der Waals surface area contributed by atoms with E-state index in [4.69, 9.17) is 0 Å². The third-order valence-electron chi connectivity index (χ3n) is 4.43. The first-order valence-corrected chi connectivity index (χ1v) is 7.14. The second-order valence-electron chi connectivity index (χ2n) is 5.94. The molecule has 1 N–H and O–H groups in total. The van der Waals surface area contributed by atoms with Crippen LogP contribution in [0.3, 0.4) is 0 Å². The molecule has 3 rings (SSSR count). The molecule has 2 aromatic rings. The molecular weight excluding hydrogens is 263 g/mol. The number of halogens is 3. The van der Waals surface area contributed by atoms with Gasteiger partial charge < -0.3 is 4.98 Å². The van der Waals surface area contributed by atoms with E-state index in [-0.39, 0.29) is 5.52 Å². The van der Waals surface area contributed by atoms with E-state index in [0.29, 0.717) is 11.8 Å². The van der Waals surface area contributed by atoms with Gasteiger partial charge >= 0.3 is 6.18 Å². The van der Waals surface area contributed by atoms with Crippen LogP contribution in [-0.4, -0.2) is 4.98 Å². The average molecular weight is 281 g/mol. The van der Waals surface area contributed by atoms with Crippen molar-refractivity contribution in [2.75, 3.05) is 0 Å². The molecule has 0 radical (unpaired) electrons. The lowest BCUT2D eigenvalue weighted by Crippen LogP contribution is -2.11. The number of para-hydroxylation sites is 1. The largest absolute Gasteiger partial charge is 0.418 e. The van der Waals surface area contributed by atoms with Gasteiger partial charge in [0.25, 0.3) is 0 Å². The highest BCUT2D eigenvalue weighted by atomic mass is 19.4. The van der Waals surface area contributed by atoms with Crippen LogP contribution in [0.2, 0.25) is 0 Å². The summed E-state index contributed by atoms with van der Waals surface area (Å²) < 4.78 is 39.0. The van der Waals surface area contributed by atoms with Crippen molar-refractivity contribution in [1.82, 2.24) is 4.98 Å². The molecule has 0 bridgehead atoms. The second-order valence-corrected chi connectivity index (χ2v) is 5.94. The summed E-state index contributed by atoms with van der Waals surface area (Å²) in [6.07, 6.45) is 2.02. The Labute approximate surface area is 116 Å². The number of nitrogens with one attached hydrogen (secondary N) is 1. The molecule has 1 nitrogen and oxygen atoms in total. The van der Waals surface area contributed by atoms with Gasteiger partial charge in [0.1, 0.15) is 0 Å². The van der Waals surface area contributed by atoms with Crippen LogP contribution in [-0.2, 0) is 6.18 Å². The maximum absolute atomic E-state index is 13.0. The molecule has 1 aromatic carbocycles. The summed E-state index contributed by atoms with van der Waals surface area (Å²) in [7, 11) is 0. The van der Waals surface area contributed by atoms with Gasteiger partial charge in [-0.25, -0.2) is 0 Å². The van der Waals surface area contributed by atoms with Crippen molar-refractivity contribution in [3.63, 3.8) is 0 Å². The Morgan fingerprint density at radius 3 is 2.70 bits per heavy atom. The van der Waals surface area contributed by atoms with Crippen LogP contribution in [0.15, 0.2) is 24.4 Å². The summed E-state index contributed by atoms with van der Waals surface area (Å²) >= 11 is 0. The van der Waals surface area contributed by atoms with Gasteiger partial charge in [-0.3, -0.25) is 0 Å². The first-order valence-electron chi connectivity index (χ1n) is 7.14. The fourth-order valence-electron chi connectivity index (χ4n) is 3.47. The molecule has 0 aliphatic heterocycles. The number of aromatic amines is 1. The third kappa shape index (κ3) is 2.32. The minimum absolute atomic E-state index is 0.230. The smallest absolute Gasteiger partial charge is 0.360 e. The number of hydrogen-bond acceptors (Lipinski definition) is 0. The summed E-state index contributed by atoms with van der Waals surface area (Å²) in [5, 5.41) is 0.735. The predicted octanol–water partition coefficient (Wildman–Crippen LogP) is 5.48. The van der Waals surface area contributed by atoms with Crippen molar-refractivity contribution in [1.29, 1.82) is 0 Å². The van der Waals surface area contributed by atoms with Crippen molar-refractivity contribution < 1.29 is 13.2 Å². The SMILES string of the molecule is CC1CCCC(c2c[nH]c3c(C(F)(F)F)cccc23)C1. The molecule has 1 aliphatic rings. The standard InChI is InChI=1S/C16H18F3N/c1-10-4-2-5-11(8-10)13-9-20-15-12(13)6-3-7-14(15)16(17,18)19/h3,6-7,9-11,20H,2,4-5,8H2,1H3. The molecule has 1 fully saturated rings. The summed E-state index contributed by atoms with van der Waals surface area (Å²) in [6, 6.07) is 4.45. The van der Waals surface area contributed by atoms with Gasteiger partial charge in [-0.1, -0.05) is 31.9 Å². The first kappa shape index (κ1) is 13.5. The topological polar surface area (TPSA) is 15.8 Å². The number of rotatable bonds is 1. The minimum Gasteiger partial charge on any atom is -0.360 e. The maximum Gasteiger partial charge on any atom is 0.418 e. The highest BCUT2D eigenvalue weighted by Gasteiger charge is 2.34. The number of fused-ring (bicyclic) bond motifs is 1. The van der Waals surface area contributed by atoms with Crippen molar-refractivity contribution in [2.24, 2.45) is 5.92 Å². The van der Waals surface area contributed by atoms with Gasteiger partial charge in [0, 0.05) is 11.6 Å². The van der Waals surface area contributed by atoms with Gasteiger partial charge in [0.05, 0.1) is 11.1 Å². The predicted molar refractivity (Wildman–Crippen MR) is 73.7 cm³/mol. The zero-order chi connectivity index (χ0) is 14.3. The van der Waals surface area contributed by atoms with E-state index in [0.717, 1.165) is 36.3 Å². The number of hydrogen-bond donors (Lipinski definition) is 1. The van der Waals surface area contributed by atoms with E-state index in [9.17, 15) is 13.2 Å². The summed E-state index contributed by atoms with van der Waals surface area (Å²) in [6.45, 7) is 2.22. The first-order chi connectivity index (χ1) is 9.47. The van der Waals surface area contributed by atoms with E-state index >= 15 is 0 Å². The number of H-pyrrole nitrogens is 1. The Morgan fingerprint density at radius 1 is 1.20 bits per heavy atom. The van der Waals surface area contributed by atoms with Gasteiger partial charge in [0.2, 0.25) is 0 Å². The molecular formula is C16H18F3N. The van der Waals surface area contributed by atoms with Crippen LogP contribution in [0.5, 0.6) is 0 Å². The molecule has 1 aromatic heterocycles. The van der Waals surface area contributed by atoms with Crippen LogP contribution in [0.1, 0.15) is 49.7 Å². The van der Waals surface area contributed by atoms with E-state index in [2.05, 4.69) is 11.9 Å². The summed E-state index contributed by atoms with van der Waals surface area (Å²) in [4.78, 5) is 2.86. The minimum atomic E-state index is -4.30. The normalized spacial score (nSPS) is 24.2. The van der Waals surface area contributed by atoms with E-state index in [1.807, 2.05) is 0 Å². The number of aromatic nitrogens is 1. The second kappa shape index (κ2) is 4.83. The van der Waals surface area contributed by atoms with Crippen LogP contribution in [0, 0.1) is 5.92 Å². The highest BCUT2D eigenvalue weighted by Crippen LogP contribution is 2.41. The van der Waals surface area contributed by atoms with Crippen LogP contribution < -0.4 is 0 Å². The number of alkyl halides is 3. The van der Waals surface area contributed by atoms with Crippen molar-refractivity contribution >= 4 is 10.9 Å². The molecule has 108 valence electrons. The quantitative estimate of drug-likeness (QED) is 0.712. The Hall–Kier alpha value is -1.45. The van der Waals surface area contributed by atoms with Gasteiger partial charge in [0.15, 0.2) is 0 Å². The monoisotopic (exact) mass is 281 g/mol. The van der Waals surface area contributed by atoms with E-state index < -0.39 is 11.7 Å². The summed E-state index contributed by atoms with van der Waals surface area (Å²) in [5.41, 5.74) is 0.719. The molecule has 1 saturated carbocycles. The van der Waals surface area contributed by atoms with Crippen LogP contribution in [0.25, 0.3) is 10.9 Å². The molecule has 1 aliphatic carbocycles. The zero-order valence-electron chi connectivity index (χ0n) is 11.4. The van der Waals surface area contributed by atoms with Gasteiger partial charge in [-0.15, -0.1) is 0 Å². The Kier molecular flexibility index (Phi) is 3.27. The van der Waals surface area contributed by atoms with Crippen LogP contribution in [0.4, 0.5) is 13.2 Å². The molecule has 1 heterocycles. The Morgan fingerprint density at radius 2 is 2.00 bits per heavy atom. The average Bonchev–Trinajstić information content (AvgIpc) is 2.81. The van der Waals surface area contributed by atoms with E-state index in [1.165, 1.54) is 12.5 Å². The Balaban J connectivity index is 2.06. The van der Waals surface area contributed by atoms with Crippen molar-refractivity contribution in [3.05, 3.63) is 35.5 Å². The molecule has 0 amide bonds. The van der Waals surface area contributed by atoms with Crippen LogP contribution >= 0.6 is 0 Å². The highest BCUT2D eigenvalue weighted by molar-refractivity contribution is 5.87. The van der Waals surface area contributed by atoms with Gasteiger partial charge in [-0.2, -0.15) is 13.2 Å². The molecule has 4 heteroatoms. The number of benzene rings is 1. The zero-order valence-corrected chi connectivity index (χ0v) is 11.4. The van der Waals surface area contributed by atoms with Crippen molar-refractivity contribution in [3.8, 4) is 0 Å². The van der Waals surface area contributed by atoms with Gasteiger partial charge in [-0.05, 0) is 36.3 Å². The summed E-state index contributed by atoms with van der Waals surface area (Å²) in [5.74, 6) is 1.04. The molecule has 2 unspecified atom stereocenters. The molecule has 0 spiro atoms. The lowest BCUT2D eigenvalue weighted by atomic mass is 9.79. The fraction of sp³-hybridized carbons (Fsp3) is 0.500. The lowest BCUT2D eigenvalue weighted by molar-refractivity contribution is -0.136. The lowest BCUT2D eigenvalue weighted by Gasteiger charge is -2.26. The molecule has 2 atom stereocenters. The fourth-order valence-corrected chi connectivity index (χ4v) is 3.47. The van der Waals surface area contributed by atoms with E-state index in [1.54, 1.807) is 12.3 Å². The molecule has 20 heavy (non-hydrogen) atoms. The molecule has 0 saturated heterocycles. The third-order valence-corrected chi connectivity index (χ3v) is 4.43. The Bertz CT molecular complexity index is 612. The van der Waals surface area contributed by atoms with Crippen molar-refractivity contribution in [2.45, 2.75) is 44.7 Å². The maximum atomic E-state index is 13.0.